The molecule has 0 aliphatic carbocycles. The minimum absolute atomic E-state index is 0.722. The Morgan fingerprint density at radius 3 is 2.42 bits per heavy atom. The van der Waals surface area contributed by atoms with Crippen molar-refractivity contribution in [3.05, 3.63) is 94.5 Å². The molecule has 0 aliphatic rings. The maximum absolute atomic E-state index is 6.25. The zero-order valence-electron chi connectivity index (χ0n) is 14.1. The van der Waals surface area contributed by atoms with Gasteiger partial charge in [-0.05, 0) is 35.2 Å². The molecule has 0 radical (unpaired) electrons. The molecule has 1 N–H and O–H groups in total. The Kier molecular flexibility index (Phi) is 5.16. The lowest BCUT2D eigenvalue weighted by Gasteiger charge is -2.06. The number of para-hydroxylation sites is 1. The van der Waals surface area contributed by atoms with E-state index in [2.05, 4.69) is 41.2 Å². The first-order chi connectivity index (χ1) is 12.8. The number of hydrogen-bond donors (Lipinski definition) is 1. The van der Waals surface area contributed by atoms with Crippen molar-refractivity contribution in [3.8, 4) is 16.3 Å². The fraction of sp³-hybridized carbons (Fsp3) is 0.0952. The van der Waals surface area contributed by atoms with Gasteiger partial charge in [-0.1, -0.05) is 54.1 Å². The standard InChI is InChI=1S/C21H18ClN3S/c22-19-10-5-4-7-16(19)13-23-14-17-15-25(18-8-2-1-3-9-18)24-21(17)20-11-6-12-26-20/h1-12,15,23H,13-14H2. The lowest BCUT2D eigenvalue weighted by molar-refractivity contribution is 0.694. The van der Waals surface area contributed by atoms with E-state index in [9.17, 15) is 0 Å². The highest BCUT2D eigenvalue weighted by Crippen LogP contribution is 2.28. The summed E-state index contributed by atoms with van der Waals surface area (Å²) in [7, 11) is 0. The summed E-state index contributed by atoms with van der Waals surface area (Å²) in [5.74, 6) is 0. The molecule has 4 aromatic rings. The summed E-state index contributed by atoms with van der Waals surface area (Å²) in [4.78, 5) is 1.18. The zero-order chi connectivity index (χ0) is 17.8. The first-order valence-electron chi connectivity index (χ1n) is 8.43. The minimum Gasteiger partial charge on any atom is -0.308 e. The summed E-state index contributed by atoms with van der Waals surface area (Å²) < 4.78 is 1.95. The second-order valence-electron chi connectivity index (χ2n) is 5.96. The third-order valence-corrected chi connectivity index (χ3v) is 5.40. The van der Waals surface area contributed by atoms with Gasteiger partial charge in [0, 0.05) is 29.9 Å². The number of halogens is 1. The largest absolute Gasteiger partial charge is 0.308 e. The molecule has 130 valence electrons. The van der Waals surface area contributed by atoms with Gasteiger partial charge < -0.3 is 5.32 Å². The summed E-state index contributed by atoms with van der Waals surface area (Å²) in [6.45, 7) is 1.45. The van der Waals surface area contributed by atoms with Gasteiger partial charge in [0.25, 0.3) is 0 Å². The molecule has 0 bridgehead atoms. The Bertz CT molecular complexity index is 978. The number of benzene rings is 2. The van der Waals surface area contributed by atoms with Crippen LogP contribution >= 0.6 is 22.9 Å². The summed E-state index contributed by atoms with van der Waals surface area (Å²) >= 11 is 7.95. The number of aromatic nitrogens is 2. The average Bonchev–Trinajstić information content (AvgIpc) is 3.34. The van der Waals surface area contributed by atoms with Crippen LogP contribution in [0, 0.1) is 0 Å². The van der Waals surface area contributed by atoms with Gasteiger partial charge in [0.05, 0.1) is 10.6 Å². The van der Waals surface area contributed by atoms with Gasteiger partial charge in [0.2, 0.25) is 0 Å². The van der Waals surface area contributed by atoms with Crippen LogP contribution < -0.4 is 5.32 Å². The van der Waals surface area contributed by atoms with Gasteiger partial charge in [-0.15, -0.1) is 11.3 Å². The highest BCUT2D eigenvalue weighted by molar-refractivity contribution is 7.13. The number of nitrogens with zero attached hydrogens (tertiary/aromatic N) is 2. The number of hydrogen-bond acceptors (Lipinski definition) is 3. The van der Waals surface area contributed by atoms with Crippen LogP contribution in [0.5, 0.6) is 0 Å². The van der Waals surface area contributed by atoms with Crippen LogP contribution in [-0.2, 0) is 13.1 Å². The molecule has 2 aromatic heterocycles. The van der Waals surface area contributed by atoms with Crippen LogP contribution in [0.1, 0.15) is 11.1 Å². The highest BCUT2D eigenvalue weighted by Gasteiger charge is 2.13. The van der Waals surface area contributed by atoms with Gasteiger partial charge in [0.1, 0.15) is 5.69 Å². The molecule has 2 heterocycles. The summed E-state index contributed by atoms with van der Waals surface area (Å²) in [5.41, 5.74) is 4.35. The molecule has 5 heteroatoms. The van der Waals surface area contributed by atoms with Gasteiger partial charge in [-0.3, -0.25) is 0 Å². The van der Waals surface area contributed by atoms with Crippen molar-refractivity contribution in [3.63, 3.8) is 0 Å². The SMILES string of the molecule is Clc1ccccc1CNCc1cn(-c2ccccc2)nc1-c1cccs1. The smallest absolute Gasteiger partial charge is 0.107 e. The van der Waals surface area contributed by atoms with Gasteiger partial charge in [0.15, 0.2) is 0 Å². The number of thiophene rings is 1. The number of rotatable bonds is 6. The van der Waals surface area contributed by atoms with E-state index in [1.165, 1.54) is 10.4 Å². The van der Waals surface area contributed by atoms with Crippen LogP contribution in [0.4, 0.5) is 0 Å². The van der Waals surface area contributed by atoms with E-state index >= 15 is 0 Å². The molecule has 2 aromatic carbocycles. The fourth-order valence-corrected chi connectivity index (χ4v) is 3.79. The molecule has 4 rings (SSSR count). The third kappa shape index (κ3) is 3.73. The zero-order valence-corrected chi connectivity index (χ0v) is 15.7. The summed E-state index contributed by atoms with van der Waals surface area (Å²) in [6.07, 6.45) is 2.10. The molecular weight excluding hydrogens is 362 g/mol. The van der Waals surface area contributed by atoms with Crippen LogP contribution in [0.2, 0.25) is 5.02 Å². The Balaban J connectivity index is 1.58. The van der Waals surface area contributed by atoms with Crippen LogP contribution in [0.25, 0.3) is 16.3 Å². The van der Waals surface area contributed by atoms with Crippen molar-refractivity contribution in [2.75, 3.05) is 0 Å². The topological polar surface area (TPSA) is 29.9 Å². The second-order valence-corrected chi connectivity index (χ2v) is 7.31. The predicted octanol–water partition coefficient (Wildman–Crippen LogP) is 5.54. The third-order valence-electron chi connectivity index (χ3n) is 4.15. The Labute approximate surface area is 161 Å². The molecule has 0 fully saturated rings. The van der Waals surface area contributed by atoms with Gasteiger partial charge in [-0.25, -0.2) is 4.68 Å². The van der Waals surface area contributed by atoms with Crippen LogP contribution in [0.15, 0.2) is 78.3 Å². The average molecular weight is 380 g/mol. The van der Waals surface area contributed by atoms with E-state index in [1.54, 1.807) is 11.3 Å². The molecule has 26 heavy (non-hydrogen) atoms. The second kappa shape index (κ2) is 7.87. The maximum atomic E-state index is 6.25. The van der Waals surface area contributed by atoms with E-state index in [0.29, 0.717) is 0 Å². The first-order valence-corrected chi connectivity index (χ1v) is 9.69. The van der Waals surface area contributed by atoms with E-state index in [4.69, 9.17) is 16.7 Å². The fourth-order valence-electron chi connectivity index (χ4n) is 2.85. The van der Waals surface area contributed by atoms with Crippen molar-refractivity contribution < 1.29 is 0 Å². The summed E-state index contributed by atoms with van der Waals surface area (Å²) in [5, 5.41) is 11.2. The van der Waals surface area contributed by atoms with Crippen molar-refractivity contribution >= 4 is 22.9 Å². The molecule has 0 aliphatic heterocycles. The monoisotopic (exact) mass is 379 g/mol. The van der Waals surface area contributed by atoms with E-state index in [0.717, 1.165) is 35.1 Å². The summed E-state index contributed by atoms with van der Waals surface area (Å²) in [6, 6.07) is 22.3. The Hall–Kier alpha value is -2.40. The quantitative estimate of drug-likeness (QED) is 0.476. The molecular formula is C21H18ClN3S. The molecule has 0 amide bonds. The van der Waals surface area contributed by atoms with Crippen molar-refractivity contribution in [1.29, 1.82) is 0 Å². The first kappa shape index (κ1) is 17.0. The lowest BCUT2D eigenvalue weighted by Crippen LogP contribution is -2.13. The van der Waals surface area contributed by atoms with Crippen LogP contribution in [-0.4, -0.2) is 9.78 Å². The van der Waals surface area contributed by atoms with E-state index < -0.39 is 0 Å². The molecule has 3 nitrogen and oxygen atoms in total. The van der Waals surface area contributed by atoms with Crippen LogP contribution in [0.3, 0.4) is 0 Å². The lowest BCUT2D eigenvalue weighted by atomic mass is 10.2. The van der Waals surface area contributed by atoms with E-state index in [-0.39, 0.29) is 0 Å². The van der Waals surface area contributed by atoms with Crippen molar-refractivity contribution in [2.45, 2.75) is 13.1 Å². The molecule has 0 saturated heterocycles. The Morgan fingerprint density at radius 2 is 1.65 bits per heavy atom. The predicted molar refractivity (Wildman–Crippen MR) is 109 cm³/mol. The molecule has 0 atom stereocenters. The Morgan fingerprint density at radius 1 is 0.885 bits per heavy atom. The minimum atomic E-state index is 0.722. The number of nitrogens with one attached hydrogen (secondary N) is 1. The molecule has 0 spiro atoms. The van der Waals surface area contributed by atoms with E-state index in [1.807, 2.05) is 47.1 Å². The van der Waals surface area contributed by atoms with Crippen molar-refractivity contribution in [1.82, 2.24) is 15.1 Å². The molecule has 0 saturated carbocycles. The van der Waals surface area contributed by atoms with Gasteiger partial charge in [-0.2, -0.15) is 5.10 Å². The normalized spacial score (nSPS) is 11.0. The maximum Gasteiger partial charge on any atom is 0.107 e. The highest BCUT2D eigenvalue weighted by atomic mass is 35.5. The van der Waals surface area contributed by atoms with Crippen molar-refractivity contribution in [2.24, 2.45) is 0 Å². The molecule has 0 unspecified atom stereocenters. The van der Waals surface area contributed by atoms with Gasteiger partial charge >= 0.3 is 0 Å².